The summed E-state index contributed by atoms with van der Waals surface area (Å²) in [5.74, 6) is 0.880. The van der Waals surface area contributed by atoms with Crippen LogP contribution in [0.3, 0.4) is 0 Å². The molecule has 0 heterocycles. The van der Waals surface area contributed by atoms with Gasteiger partial charge in [-0.1, -0.05) is 24.3 Å². The van der Waals surface area contributed by atoms with E-state index < -0.39 is 0 Å². The fourth-order valence-corrected chi connectivity index (χ4v) is 2.84. The van der Waals surface area contributed by atoms with Gasteiger partial charge in [-0.25, -0.2) is 0 Å². The molecule has 24 heavy (non-hydrogen) atoms. The van der Waals surface area contributed by atoms with Crippen molar-refractivity contribution in [3.8, 4) is 5.75 Å². The van der Waals surface area contributed by atoms with Crippen LogP contribution in [0.4, 0.5) is 0 Å². The molecule has 2 N–H and O–H groups in total. The minimum atomic E-state index is 0.0593. The van der Waals surface area contributed by atoms with Gasteiger partial charge in [-0.05, 0) is 36.1 Å². The summed E-state index contributed by atoms with van der Waals surface area (Å²) in [6, 6.07) is 16.2. The van der Waals surface area contributed by atoms with Crippen molar-refractivity contribution in [2.75, 3.05) is 27.0 Å². The summed E-state index contributed by atoms with van der Waals surface area (Å²) in [7, 11) is 3.68. The van der Waals surface area contributed by atoms with Gasteiger partial charge in [0.15, 0.2) is 6.54 Å². The van der Waals surface area contributed by atoms with E-state index in [4.69, 9.17) is 4.74 Å². The quantitative estimate of drug-likeness (QED) is 0.717. The number of nitrogens with one attached hydrogen (secondary N) is 2. The number of quaternary nitrogens is 1. The maximum absolute atomic E-state index is 12.1. The summed E-state index contributed by atoms with van der Waals surface area (Å²) in [6.45, 7) is 1.84. The van der Waals surface area contributed by atoms with Crippen LogP contribution in [0.25, 0.3) is 0 Å². The Hall–Kier alpha value is -1.98. The number of carbonyl (C=O) groups excluding carboxylic acids is 1. The van der Waals surface area contributed by atoms with Crippen molar-refractivity contribution in [2.24, 2.45) is 0 Å². The molecule has 1 unspecified atom stereocenters. The Morgan fingerprint density at radius 3 is 2.29 bits per heavy atom. The highest BCUT2D eigenvalue weighted by Gasteiger charge is 2.10. The Balaban J connectivity index is 1.75. The molecule has 0 saturated carbocycles. The maximum Gasteiger partial charge on any atom is 0.275 e. The molecule has 1 atom stereocenters. The zero-order chi connectivity index (χ0) is 17.4. The molecule has 0 aromatic heterocycles. The lowest BCUT2D eigenvalue weighted by molar-refractivity contribution is -0.885. The van der Waals surface area contributed by atoms with E-state index in [0.717, 1.165) is 17.9 Å². The van der Waals surface area contributed by atoms with Crippen LogP contribution in [0, 0.1) is 0 Å². The molecule has 4 nitrogen and oxygen atoms in total. The molecule has 0 saturated heterocycles. The standard InChI is InChI=1S/C19H24N2O2S/c1-21(13-16-6-10-18(24-3)11-7-16)14-19(22)20-12-15-4-8-17(23-2)9-5-15/h4-11H,12-14H2,1-3H3,(H,20,22)/p+1. The summed E-state index contributed by atoms with van der Waals surface area (Å²) in [4.78, 5) is 14.5. The first kappa shape index (κ1) is 18.4. The third-order valence-corrected chi connectivity index (χ3v) is 4.52. The molecule has 2 rings (SSSR count). The molecule has 0 bridgehead atoms. The van der Waals surface area contributed by atoms with Crippen LogP contribution in [-0.2, 0) is 17.9 Å². The Bertz CT molecular complexity index is 641. The van der Waals surface area contributed by atoms with Crippen molar-refractivity contribution in [1.29, 1.82) is 0 Å². The van der Waals surface area contributed by atoms with Gasteiger partial charge in [0.1, 0.15) is 12.3 Å². The van der Waals surface area contributed by atoms with Gasteiger partial charge >= 0.3 is 0 Å². The lowest BCUT2D eigenvalue weighted by Crippen LogP contribution is -3.08. The predicted octanol–water partition coefficient (Wildman–Crippen LogP) is 1.75. The normalized spacial score (nSPS) is 11.8. The Kier molecular flexibility index (Phi) is 7.15. The van der Waals surface area contributed by atoms with E-state index in [2.05, 4.69) is 35.8 Å². The number of methoxy groups -OCH3 is 1. The molecule has 0 radical (unpaired) electrons. The van der Waals surface area contributed by atoms with Gasteiger partial charge in [0.05, 0.1) is 14.2 Å². The van der Waals surface area contributed by atoms with E-state index >= 15 is 0 Å². The van der Waals surface area contributed by atoms with Crippen molar-refractivity contribution in [3.63, 3.8) is 0 Å². The molecule has 2 aromatic carbocycles. The second-order valence-electron chi connectivity index (χ2n) is 5.78. The summed E-state index contributed by atoms with van der Waals surface area (Å²) in [5, 5.41) is 2.97. The predicted molar refractivity (Wildman–Crippen MR) is 98.5 cm³/mol. The van der Waals surface area contributed by atoms with Crippen LogP contribution in [0.1, 0.15) is 11.1 Å². The summed E-state index contributed by atoms with van der Waals surface area (Å²) in [5.41, 5.74) is 2.31. The molecule has 0 aliphatic rings. The largest absolute Gasteiger partial charge is 0.497 e. The number of carbonyl (C=O) groups is 1. The molecule has 0 spiro atoms. The molecule has 2 aromatic rings. The van der Waals surface area contributed by atoms with E-state index in [1.165, 1.54) is 15.4 Å². The van der Waals surface area contributed by atoms with Gasteiger partial charge in [-0.3, -0.25) is 4.79 Å². The molecular weight excluding hydrogens is 320 g/mol. The zero-order valence-electron chi connectivity index (χ0n) is 14.5. The minimum Gasteiger partial charge on any atom is -0.497 e. The van der Waals surface area contributed by atoms with Gasteiger partial charge in [0.25, 0.3) is 5.91 Å². The Morgan fingerprint density at radius 1 is 1.08 bits per heavy atom. The van der Waals surface area contributed by atoms with Gasteiger partial charge < -0.3 is 15.0 Å². The molecule has 5 heteroatoms. The Labute approximate surface area is 148 Å². The molecule has 0 aliphatic carbocycles. The fourth-order valence-electron chi connectivity index (χ4n) is 2.43. The van der Waals surface area contributed by atoms with Gasteiger partial charge in [-0.15, -0.1) is 11.8 Å². The van der Waals surface area contributed by atoms with Crippen molar-refractivity contribution in [3.05, 3.63) is 59.7 Å². The highest BCUT2D eigenvalue weighted by molar-refractivity contribution is 7.98. The highest BCUT2D eigenvalue weighted by atomic mass is 32.2. The third-order valence-electron chi connectivity index (χ3n) is 3.78. The van der Waals surface area contributed by atoms with E-state index in [1.54, 1.807) is 18.9 Å². The minimum absolute atomic E-state index is 0.0593. The first-order valence-electron chi connectivity index (χ1n) is 7.94. The van der Waals surface area contributed by atoms with E-state index in [9.17, 15) is 4.79 Å². The smallest absolute Gasteiger partial charge is 0.275 e. The zero-order valence-corrected chi connectivity index (χ0v) is 15.3. The fraction of sp³-hybridized carbons (Fsp3) is 0.316. The van der Waals surface area contributed by atoms with Crippen LogP contribution in [-0.4, -0.2) is 32.9 Å². The second kappa shape index (κ2) is 9.35. The molecule has 1 amide bonds. The van der Waals surface area contributed by atoms with E-state index in [0.29, 0.717) is 13.1 Å². The highest BCUT2D eigenvalue weighted by Crippen LogP contribution is 2.14. The SMILES string of the molecule is COc1ccc(CNC(=O)C[NH+](C)Cc2ccc(SC)cc2)cc1. The summed E-state index contributed by atoms with van der Waals surface area (Å²) < 4.78 is 5.13. The summed E-state index contributed by atoms with van der Waals surface area (Å²) >= 11 is 1.74. The van der Waals surface area contributed by atoms with Gasteiger partial charge in [-0.2, -0.15) is 0 Å². The number of ether oxygens (including phenoxy) is 1. The van der Waals surface area contributed by atoms with Gasteiger partial charge in [0, 0.05) is 17.0 Å². The van der Waals surface area contributed by atoms with E-state index in [-0.39, 0.29) is 5.91 Å². The number of thioether (sulfide) groups is 1. The lowest BCUT2D eigenvalue weighted by atomic mass is 10.2. The molecule has 128 valence electrons. The number of hydrogen-bond acceptors (Lipinski definition) is 3. The van der Waals surface area contributed by atoms with Gasteiger partial charge in [0.2, 0.25) is 0 Å². The van der Waals surface area contributed by atoms with Crippen molar-refractivity contribution < 1.29 is 14.4 Å². The van der Waals surface area contributed by atoms with Crippen LogP contribution >= 0.6 is 11.8 Å². The van der Waals surface area contributed by atoms with Crippen molar-refractivity contribution in [2.45, 2.75) is 18.0 Å². The summed E-state index contributed by atoms with van der Waals surface area (Å²) in [6.07, 6.45) is 2.07. The second-order valence-corrected chi connectivity index (χ2v) is 6.66. The van der Waals surface area contributed by atoms with Crippen LogP contribution < -0.4 is 15.0 Å². The number of hydrogen-bond donors (Lipinski definition) is 2. The van der Waals surface area contributed by atoms with Crippen molar-refractivity contribution in [1.82, 2.24) is 5.32 Å². The third kappa shape index (κ3) is 5.91. The average molecular weight is 345 g/mol. The average Bonchev–Trinajstić information content (AvgIpc) is 2.61. The maximum atomic E-state index is 12.1. The number of likely N-dealkylation sites (N-methyl/N-ethyl adjacent to an activating group) is 1. The first-order chi connectivity index (χ1) is 11.6. The molecule has 0 aliphatic heterocycles. The topological polar surface area (TPSA) is 42.8 Å². The van der Waals surface area contributed by atoms with Crippen LogP contribution in [0.5, 0.6) is 5.75 Å². The number of rotatable bonds is 8. The Morgan fingerprint density at radius 2 is 1.71 bits per heavy atom. The monoisotopic (exact) mass is 345 g/mol. The number of benzene rings is 2. The van der Waals surface area contributed by atoms with Crippen molar-refractivity contribution >= 4 is 17.7 Å². The first-order valence-corrected chi connectivity index (χ1v) is 9.17. The molecular formula is C19H25N2O2S+. The van der Waals surface area contributed by atoms with Crippen LogP contribution in [0.2, 0.25) is 0 Å². The van der Waals surface area contributed by atoms with Crippen LogP contribution in [0.15, 0.2) is 53.4 Å². The van der Waals surface area contributed by atoms with E-state index in [1.807, 2.05) is 31.3 Å². The molecule has 0 fully saturated rings. The lowest BCUT2D eigenvalue weighted by Gasteiger charge is -2.14. The number of amides is 1.